The van der Waals surface area contributed by atoms with Gasteiger partial charge in [-0.1, -0.05) is 18.1 Å². The predicted octanol–water partition coefficient (Wildman–Crippen LogP) is 3.59. The van der Waals surface area contributed by atoms with E-state index in [4.69, 9.17) is 14.0 Å². The monoisotopic (exact) mass is 316 g/mol. The van der Waals surface area contributed by atoms with Crippen LogP contribution in [0.25, 0.3) is 0 Å². The van der Waals surface area contributed by atoms with Crippen LogP contribution in [0.15, 0.2) is 28.8 Å². The van der Waals surface area contributed by atoms with Gasteiger partial charge in [0.2, 0.25) is 0 Å². The Kier molecular flexibility index (Phi) is 4.86. The van der Waals surface area contributed by atoms with Gasteiger partial charge in [-0.15, -0.1) is 0 Å². The van der Waals surface area contributed by atoms with E-state index in [0.717, 1.165) is 48.9 Å². The van der Waals surface area contributed by atoms with E-state index in [1.807, 2.05) is 12.1 Å². The van der Waals surface area contributed by atoms with Gasteiger partial charge < -0.3 is 14.0 Å². The van der Waals surface area contributed by atoms with Crippen LogP contribution in [0, 0.1) is 0 Å². The van der Waals surface area contributed by atoms with Crippen LogP contribution < -0.4 is 9.47 Å². The van der Waals surface area contributed by atoms with Crippen molar-refractivity contribution in [2.24, 2.45) is 0 Å². The highest BCUT2D eigenvalue weighted by Gasteiger charge is 2.29. The first-order valence-corrected chi connectivity index (χ1v) is 8.15. The number of aromatic nitrogens is 1. The largest absolute Gasteiger partial charge is 0.493 e. The molecule has 0 unspecified atom stereocenters. The van der Waals surface area contributed by atoms with Crippen molar-refractivity contribution < 1.29 is 14.0 Å². The summed E-state index contributed by atoms with van der Waals surface area (Å²) in [7, 11) is 3.32. The highest BCUT2D eigenvalue weighted by atomic mass is 16.5. The Balaban J connectivity index is 1.76. The second-order valence-electron chi connectivity index (χ2n) is 5.89. The van der Waals surface area contributed by atoms with E-state index in [1.165, 1.54) is 12.0 Å². The lowest BCUT2D eigenvalue weighted by atomic mass is 10.1. The van der Waals surface area contributed by atoms with Crippen molar-refractivity contribution in [3.8, 4) is 11.5 Å². The third-order valence-electron chi connectivity index (χ3n) is 4.47. The topological polar surface area (TPSA) is 47.7 Å². The lowest BCUT2D eigenvalue weighted by Gasteiger charge is -2.22. The van der Waals surface area contributed by atoms with Crippen LogP contribution >= 0.6 is 0 Å². The van der Waals surface area contributed by atoms with E-state index in [2.05, 4.69) is 29.1 Å². The van der Waals surface area contributed by atoms with Gasteiger partial charge in [0.15, 0.2) is 17.3 Å². The van der Waals surface area contributed by atoms with Crippen molar-refractivity contribution in [1.82, 2.24) is 10.1 Å². The molecular weight excluding hydrogens is 292 g/mol. The summed E-state index contributed by atoms with van der Waals surface area (Å²) in [6.07, 6.45) is 3.21. The normalized spacial score (nSPS) is 18.3. The Labute approximate surface area is 137 Å². The number of ether oxygens (including phenoxy) is 2. The second-order valence-corrected chi connectivity index (χ2v) is 5.89. The molecule has 0 bridgehead atoms. The molecule has 1 saturated heterocycles. The number of hydrogen-bond acceptors (Lipinski definition) is 5. The molecule has 2 heterocycles. The minimum atomic E-state index is 0.316. The fourth-order valence-corrected chi connectivity index (χ4v) is 3.20. The smallest absolute Gasteiger partial charge is 0.161 e. The van der Waals surface area contributed by atoms with Crippen LogP contribution in [0.5, 0.6) is 11.5 Å². The van der Waals surface area contributed by atoms with Gasteiger partial charge in [-0.05, 0) is 43.5 Å². The highest BCUT2D eigenvalue weighted by molar-refractivity contribution is 5.42. The number of benzene rings is 1. The molecule has 2 aromatic rings. The van der Waals surface area contributed by atoms with Gasteiger partial charge in [-0.25, -0.2) is 0 Å². The maximum Gasteiger partial charge on any atom is 0.161 e. The van der Waals surface area contributed by atoms with Gasteiger partial charge in [-0.3, -0.25) is 4.90 Å². The number of hydrogen-bond donors (Lipinski definition) is 0. The zero-order valence-corrected chi connectivity index (χ0v) is 14.0. The fraction of sp³-hybridized carbons (Fsp3) is 0.500. The van der Waals surface area contributed by atoms with Crippen LogP contribution in [0.1, 0.15) is 42.8 Å². The zero-order chi connectivity index (χ0) is 16.2. The van der Waals surface area contributed by atoms with Gasteiger partial charge in [0.05, 0.1) is 26.0 Å². The molecule has 1 aromatic carbocycles. The second kappa shape index (κ2) is 7.04. The van der Waals surface area contributed by atoms with E-state index in [0.29, 0.717) is 6.04 Å². The maximum atomic E-state index is 5.55. The molecule has 1 aliphatic rings. The molecular formula is C18H24N2O3. The SMILES string of the molecule is CCc1cc([C@H]2CCCN2Cc2ccc(OC)c(OC)c2)on1. The summed E-state index contributed by atoms with van der Waals surface area (Å²) in [5, 5.41) is 4.13. The van der Waals surface area contributed by atoms with E-state index < -0.39 is 0 Å². The van der Waals surface area contributed by atoms with Gasteiger partial charge in [0.1, 0.15) is 0 Å². The Morgan fingerprint density at radius 3 is 2.74 bits per heavy atom. The van der Waals surface area contributed by atoms with Crippen LogP contribution in [0.3, 0.4) is 0 Å². The van der Waals surface area contributed by atoms with Crippen LogP contribution in [0.2, 0.25) is 0 Å². The van der Waals surface area contributed by atoms with Crippen molar-refractivity contribution in [2.75, 3.05) is 20.8 Å². The van der Waals surface area contributed by atoms with Crippen molar-refractivity contribution >= 4 is 0 Å². The molecule has 1 aromatic heterocycles. The number of nitrogens with zero attached hydrogens (tertiary/aromatic N) is 2. The molecule has 3 rings (SSSR count). The molecule has 5 heteroatoms. The van der Waals surface area contributed by atoms with Gasteiger partial charge in [-0.2, -0.15) is 0 Å². The van der Waals surface area contributed by atoms with E-state index >= 15 is 0 Å². The Hall–Kier alpha value is -2.01. The number of rotatable bonds is 6. The van der Waals surface area contributed by atoms with Crippen molar-refractivity contribution in [3.05, 3.63) is 41.3 Å². The third-order valence-corrected chi connectivity index (χ3v) is 4.47. The maximum absolute atomic E-state index is 5.55. The summed E-state index contributed by atoms with van der Waals surface area (Å²) in [5.74, 6) is 2.52. The van der Waals surface area contributed by atoms with Crippen LogP contribution in [-0.4, -0.2) is 30.8 Å². The first-order valence-electron chi connectivity index (χ1n) is 8.15. The minimum absolute atomic E-state index is 0.316. The zero-order valence-electron chi connectivity index (χ0n) is 14.0. The van der Waals surface area contributed by atoms with Crippen LogP contribution in [-0.2, 0) is 13.0 Å². The average molecular weight is 316 g/mol. The van der Waals surface area contributed by atoms with Crippen molar-refractivity contribution in [1.29, 1.82) is 0 Å². The van der Waals surface area contributed by atoms with E-state index in [-0.39, 0.29) is 0 Å². The first kappa shape index (κ1) is 15.9. The summed E-state index contributed by atoms with van der Waals surface area (Å²) in [4.78, 5) is 2.45. The Bertz CT molecular complexity index is 653. The molecule has 1 fully saturated rings. The molecule has 5 nitrogen and oxygen atoms in total. The summed E-state index contributed by atoms with van der Waals surface area (Å²) in [5.41, 5.74) is 2.24. The Morgan fingerprint density at radius 1 is 1.22 bits per heavy atom. The van der Waals surface area contributed by atoms with Crippen molar-refractivity contribution in [3.63, 3.8) is 0 Å². The third kappa shape index (κ3) is 3.34. The summed E-state index contributed by atoms with van der Waals surface area (Å²) in [6.45, 7) is 4.03. The van der Waals surface area contributed by atoms with Crippen molar-refractivity contribution in [2.45, 2.75) is 38.8 Å². The highest BCUT2D eigenvalue weighted by Crippen LogP contribution is 2.35. The summed E-state index contributed by atoms with van der Waals surface area (Å²) in [6, 6.07) is 8.51. The van der Waals surface area contributed by atoms with E-state index in [9.17, 15) is 0 Å². The molecule has 0 aliphatic carbocycles. The van der Waals surface area contributed by atoms with Crippen LogP contribution in [0.4, 0.5) is 0 Å². The van der Waals surface area contributed by atoms with Gasteiger partial charge in [0.25, 0.3) is 0 Å². The first-order chi connectivity index (χ1) is 11.2. The summed E-state index contributed by atoms with van der Waals surface area (Å²) >= 11 is 0. The minimum Gasteiger partial charge on any atom is -0.493 e. The lowest BCUT2D eigenvalue weighted by Crippen LogP contribution is -2.22. The number of likely N-dealkylation sites (tertiary alicyclic amines) is 1. The number of methoxy groups -OCH3 is 2. The predicted molar refractivity (Wildman–Crippen MR) is 87.8 cm³/mol. The number of aryl methyl sites for hydroxylation is 1. The molecule has 23 heavy (non-hydrogen) atoms. The molecule has 0 spiro atoms. The standard InChI is InChI=1S/C18H24N2O3/c1-4-14-11-17(23-19-14)15-6-5-9-20(15)12-13-7-8-16(21-2)18(10-13)22-3/h7-8,10-11,15H,4-6,9,12H2,1-3H3/t15-/m1/s1. The lowest BCUT2D eigenvalue weighted by molar-refractivity contribution is 0.206. The molecule has 0 radical (unpaired) electrons. The fourth-order valence-electron chi connectivity index (χ4n) is 3.20. The summed E-state index contributed by atoms with van der Waals surface area (Å²) < 4.78 is 16.3. The molecule has 0 saturated carbocycles. The molecule has 1 atom stereocenters. The van der Waals surface area contributed by atoms with Gasteiger partial charge >= 0.3 is 0 Å². The molecule has 1 aliphatic heterocycles. The van der Waals surface area contributed by atoms with Gasteiger partial charge in [0, 0.05) is 12.6 Å². The Morgan fingerprint density at radius 2 is 2.04 bits per heavy atom. The molecule has 0 amide bonds. The quantitative estimate of drug-likeness (QED) is 0.815. The molecule has 0 N–H and O–H groups in total. The molecule has 124 valence electrons. The van der Waals surface area contributed by atoms with E-state index in [1.54, 1.807) is 14.2 Å². The average Bonchev–Trinajstić information content (AvgIpc) is 3.23.